The molecule has 3 aromatic rings. The monoisotopic (exact) mass is 268 g/mol. The van der Waals surface area contributed by atoms with Gasteiger partial charge in [-0.05, 0) is 25.1 Å². The molecule has 0 aliphatic carbocycles. The molecule has 3 rings (SSSR count). The second-order valence-electron chi connectivity index (χ2n) is 4.61. The van der Waals surface area contributed by atoms with Gasteiger partial charge in [0, 0.05) is 11.8 Å². The predicted octanol–water partition coefficient (Wildman–Crippen LogP) is 2.96. The smallest absolute Gasteiger partial charge is 0.142 e. The van der Waals surface area contributed by atoms with Gasteiger partial charge in [0.25, 0.3) is 0 Å². The molecule has 20 heavy (non-hydrogen) atoms. The van der Waals surface area contributed by atoms with E-state index < -0.39 is 5.82 Å². The Morgan fingerprint density at radius 1 is 1.15 bits per heavy atom. The quantitative estimate of drug-likeness (QED) is 0.777. The van der Waals surface area contributed by atoms with Gasteiger partial charge in [0.05, 0.1) is 23.8 Å². The van der Waals surface area contributed by atoms with Crippen molar-refractivity contribution in [1.29, 1.82) is 0 Å². The lowest BCUT2D eigenvalue weighted by molar-refractivity contribution is 0.622. The average molecular weight is 268 g/mol. The zero-order chi connectivity index (χ0) is 14.1. The highest BCUT2D eigenvalue weighted by Gasteiger charge is 2.10. The van der Waals surface area contributed by atoms with Gasteiger partial charge in [-0.15, -0.1) is 0 Å². The Kier molecular flexibility index (Phi) is 2.95. The van der Waals surface area contributed by atoms with Crippen molar-refractivity contribution >= 4 is 5.69 Å². The van der Waals surface area contributed by atoms with Crippen LogP contribution in [0.5, 0.6) is 0 Å². The lowest BCUT2D eigenvalue weighted by Gasteiger charge is -2.01. The summed E-state index contributed by atoms with van der Waals surface area (Å²) in [7, 11) is 0. The summed E-state index contributed by atoms with van der Waals surface area (Å²) >= 11 is 0. The zero-order valence-electron chi connectivity index (χ0n) is 10.9. The molecule has 2 N–H and O–H groups in total. The molecule has 1 aromatic carbocycles. The van der Waals surface area contributed by atoms with E-state index in [9.17, 15) is 4.39 Å². The number of hydrogen-bond acceptors (Lipinski definition) is 3. The third kappa shape index (κ3) is 2.25. The fraction of sp³-hybridized carbons (Fsp3) is 0.0667. The molecule has 0 spiro atoms. The topological polar surface area (TPSA) is 56.7 Å². The Bertz CT molecular complexity index is 747. The van der Waals surface area contributed by atoms with Crippen molar-refractivity contribution < 1.29 is 4.39 Å². The molecule has 0 unspecified atom stereocenters. The number of nitrogen functional groups attached to an aromatic ring is 1. The van der Waals surface area contributed by atoms with Crippen LogP contribution in [0.15, 0.2) is 48.9 Å². The summed E-state index contributed by atoms with van der Waals surface area (Å²) in [5, 5.41) is 4.41. The molecule has 4 nitrogen and oxygen atoms in total. The number of halogens is 1. The number of nitrogens with two attached hydrogens (primary N) is 1. The molecule has 100 valence electrons. The molecule has 5 heteroatoms. The Hall–Kier alpha value is -2.69. The number of pyridine rings is 1. The van der Waals surface area contributed by atoms with Gasteiger partial charge in [-0.1, -0.05) is 17.7 Å². The number of rotatable bonds is 2. The van der Waals surface area contributed by atoms with E-state index in [1.807, 2.05) is 31.2 Å². The van der Waals surface area contributed by atoms with E-state index in [1.54, 1.807) is 17.1 Å². The van der Waals surface area contributed by atoms with E-state index in [4.69, 9.17) is 5.73 Å². The summed E-state index contributed by atoms with van der Waals surface area (Å²) in [4.78, 5) is 3.82. The minimum atomic E-state index is -0.410. The van der Waals surface area contributed by atoms with Crippen molar-refractivity contribution in [3.8, 4) is 16.9 Å². The Morgan fingerprint density at radius 3 is 2.60 bits per heavy atom. The van der Waals surface area contributed by atoms with Crippen LogP contribution in [0.1, 0.15) is 5.56 Å². The zero-order valence-corrected chi connectivity index (χ0v) is 10.9. The fourth-order valence-electron chi connectivity index (χ4n) is 1.98. The van der Waals surface area contributed by atoms with Gasteiger partial charge in [0.1, 0.15) is 11.5 Å². The van der Waals surface area contributed by atoms with Crippen LogP contribution in [-0.4, -0.2) is 14.8 Å². The molecular weight excluding hydrogens is 255 g/mol. The van der Waals surface area contributed by atoms with Crippen LogP contribution in [0.2, 0.25) is 0 Å². The van der Waals surface area contributed by atoms with Crippen LogP contribution in [-0.2, 0) is 0 Å². The first-order valence-corrected chi connectivity index (χ1v) is 6.16. The molecule has 0 atom stereocenters. The third-order valence-electron chi connectivity index (χ3n) is 3.02. The van der Waals surface area contributed by atoms with Crippen LogP contribution < -0.4 is 5.73 Å². The Labute approximate surface area is 115 Å². The van der Waals surface area contributed by atoms with Gasteiger partial charge in [-0.2, -0.15) is 5.10 Å². The van der Waals surface area contributed by atoms with Gasteiger partial charge < -0.3 is 5.73 Å². The number of nitrogens with zero attached hydrogens (tertiary/aromatic N) is 3. The van der Waals surface area contributed by atoms with Gasteiger partial charge >= 0.3 is 0 Å². The van der Waals surface area contributed by atoms with Gasteiger partial charge in [0.15, 0.2) is 0 Å². The van der Waals surface area contributed by atoms with Gasteiger partial charge in [0.2, 0.25) is 0 Å². The highest BCUT2D eigenvalue weighted by atomic mass is 19.1. The summed E-state index contributed by atoms with van der Waals surface area (Å²) < 4.78 is 14.9. The van der Waals surface area contributed by atoms with E-state index in [2.05, 4.69) is 10.1 Å². The average Bonchev–Trinajstić information content (AvgIpc) is 2.82. The van der Waals surface area contributed by atoms with Crippen LogP contribution in [0.4, 0.5) is 10.1 Å². The van der Waals surface area contributed by atoms with Crippen molar-refractivity contribution in [3.63, 3.8) is 0 Å². The fourth-order valence-corrected chi connectivity index (χ4v) is 1.98. The van der Waals surface area contributed by atoms with E-state index in [0.717, 1.165) is 11.9 Å². The van der Waals surface area contributed by atoms with E-state index in [1.165, 1.54) is 11.6 Å². The van der Waals surface area contributed by atoms with Gasteiger partial charge in [-0.25, -0.2) is 9.07 Å². The maximum atomic E-state index is 13.2. The molecule has 0 saturated heterocycles. The molecule has 0 fully saturated rings. The standard InChI is InChI=1S/C15H13FN4/c1-10-2-4-13(5-3-10)20-9-14(17)15(19-20)11-6-12(16)8-18-7-11/h2-9H,17H2,1H3. The van der Waals surface area contributed by atoms with E-state index in [0.29, 0.717) is 16.9 Å². The van der Waals surface area contributed by atoms with Crippen LogP contribution >= 0.6 is 0 Å². The molecule has 2 aromatic heterocycles. The summed E-state index contributed by atoms with van der Waals surface area (Å²) in [5.41, 5.74) is 9.60. The lowest BCUT2D eigenvalue weighted by atomic mass is 10.2. The number of hydrogen-bond donors (Lipinski definition) is 1. The normalized spacial score (nSPS) is 10.7. The third-order valence-corrected chi connectivity index (χ3v) is 3.02. The predicted molar refractivity (Wildman–Crippen MR) is 75.9 cm³/mol. The molecule has 0 saturated carbocycles. The van der Waals surface area contributed by atoms with Gasteiger partial charge in [-0.3, -0.25) is 4.98 Å². The first-order valence-electron chi connectivity index (χ1n) is 6.16. The first-order chi connectivity index (χ1) is 9.63. The highest BCUT2D eigenvalue weighted by molar-refractivity contribution is 5.71. The SMILES string of the molecule is Cc1ccc(-n2cc(N)c(-c3cncc(F)c3)n2)cc1. The summed E-state index contributed by atoms with van der Waals surface area (Å²) in [6.07, 6.45) is 4.41. The van der Waals surface area contributed by atoms with Crippen molar-refractivity contribution in [1.82, 2.24) is 14.8 Å². The second kappa shape index (κ2) is 4.77. The molecule has 0 aliphatic heterocycles. The molecule has 0 aliphatic rings. The second-order valence-corrected chi connectivity index (χ2v) is 4.61. The number of aromatic nitrogens is 3. The van der Waals surface area contributed by atoms with Crippen LogP contribution in [0.25, 0.3) is 16.9 Å². The summed E-state index contributed by atoms with van der Waals surface area (Å²) in [6, 6.07) is 9.27. The minimum Gasteiger partial charge on any atom is -0.396 e. The highest BCUT2D eigenvalue weighted by Crippen LogP contribution is 2.25. The number of benzene rings is 1. The maximum Gasteiger partial charge on any atom is 0.142 e. The van der Waals surface area contributed by atoms with Crippen molar-refractivity contribution in [3.05, 3.63) is 60.3 Å². The Balaban J connectivity index is 2.05. The van der Waals surface area contributed by atoms with Crippen LogP contribution in [0, 0.1) is 12.7 Å². The molecular formula is C15H13FN4. The maximum absolute atomic E-state index is 13.2. The van der Waals surface area contributed by atoms with E-state index >= 15 is 0 Å². The van der Waals surface area contributed by atoms with Crippen molar-refractivity contribution in [2.45, 2.75) is 6.92 Å². The molecule has 0 radical (unpaired) electrons. The lowest BCUT2D eigenvalue weighted by Crippen LogP contribution is -1.95. The largest absolute Gasteiger partial charge is 0.396 e. The molecule has 0 amide bonds. The number of anilines is 1. The summed E-state index contributed by atoms with van der Waals surface area (Å²) in [6.45, 7) is 2.02. The minimum absolute atomic E-state index is 0.410. The molecule has 2 heterocycles. The molecule has 0 bridgehead atoms. The van der Waals surface area contributed by atoms with Crippen molar-refractivity contribution in [2.24, 2.45) is 0 Å². The first kappa shape index (κ1) is 12.3. The van der Waals surface area contributed by atoms with Crippen molar-refractivity contribution in [2.75, 3.05) is 5.73 Å². The Morgan fingerprint density at radius 2 is 1.90 bits per heavy atom. The number of aryl methyl sites for hydroxylation is 1. The van der Waals surface area contributed by atoms with E-state index in [-0.39, 0.29) is 0 Å². The van der Waals surface area contributed by atoms with Crippen LogP contribution in [0.3, 0.4) is 0 Å². The summed E-state index contributed by atoms with van der Waals surface area (Å²) in [5.74, 6) is -0.410.